The predicted octanol–water partition coefficient (Wildman–Crippen LogP) is 2.35. The molecule has 0 bridgehead atoms. The second kappa shape index (κ2) is 7.05. The van der Waals surface area contributed by atoms with E-state index in [9.17, 15) is 13.2 Å². The van der Waals surface area contributed by atoms with Gasteiger partial charge in [0.2, 0.25) is 10.0 Å². The molecule has 130 valence electrons. The Morgan fingerprint density at radius 3 is 2.52 bits per heavy atom. The summed E-state index contributed by atoms with van der Waals surface area (Å²) >= 11 is 0. The van der Waals surface area contributed by atoms with E-state index in [1.54, 1.807) is 35.9 Å². The van der Waals surface area contributed by atoms with E-state index in [4.69, 9.17) is 5.26 Å². The molecule has 0 unspecified atom stereocenters. The number of carbonyl (C=O) groups is 1. The summed E-state index contributed by atoms with van der Waals surface area (Å²) in [5, 5.41) is 9.04. The smallest absolute Gasteiger partial charge is 0.242 e. The minimum atomic E-state index is -3.59. The van der Waals surface area contributed by atoms with E-state index >= 15 is 0 Å². The number of benzene rings is 1. The highest BCUT2D eigenvalue weighted by molar-refractivity contribution is 7.89. The van der Waals surface area contributed by atoms with Crippen molar-refractivity contribution in [1.82, 2.24) is 8.87 Å². The molecule has 0 fully saturated rings. The molecular formula is C18H19N3O3S. The van der Waals surface area contributed by atoms with Crippen molar-refractivity contribution in [1.29, 1.82) is 5.26 Å². The van der Waals surface area contributed by atoms with Gasteiger partial charge in [-0.1, -0.05) is 12.1 Å². The molecule has 0 N–H and O–H groups in total. The van der Waals surface area contributed by atoms with E-state index in [1.807, 2.05) is 6.92 Å². The fraction of sp³-hybridized carbons (Fsp3) is 0.222. The SMILES string of the molecule is Cc1c(/C=C/C(=O)c2cccc(S(=O)(=O)N(C)C)c2)cc(C#N)n1C. The zero-order valence-corrected chi connectivity index (χ0v) is 15.3. The standard InChI is InChI=1S/C18H19N3O3S/c1-13-14(10-16(12-19)21(13)4)8-9-18(22)15-6-5-7-17(11-15)25(23,24)20(2)3/h5-11H,1-4H3/b9-8+. The molecule has 1 aromatic carbocycles. The number of carbonyl (C=O) groups excluding carboxylic acids is 1. The van der Waals surface area contributed by atoms with Crippen LogP contribution in [0.25, 0.3) is 6.08 Å². The number of allylic oxidation sites excluding steroid dienone is 1. The molecule has 0 amide bonds. The minimum absolute atomic E-state index is 0.0689. The fourth-order valence-corrected chi connectivity index (χ4v) is 3.23. The predicted molar refractivity (Wildman–Crippen MR) is 95.5 cm³/mol. The first-order chi connectivity index (χ1) is 11.7. The van der Waals surface area contributed by atoms with Crippen molar-refractivity contribution < 1.29 is 13.2 Å². The van der Waals surface area contributed by atoms with Gasteiger partial charge in [0.25, 0.3) is 0 Å². The number of nitriles is 1. The molecule has 2 rings (SSSR count). The summed E-state index contributed by atoms with van der Waals surface area (Å²) in [5.74, 6) is -0.308. The second-order valence-corrected chi connectivity index (χ2v) is 7.91. The highest BCUT2D eigenvalue weighted by atomic mass is 32.2. The maximum Gasteiger partial charge on any atom is 0.242 e. The van der Waals surface area contributed by atoms with Crippen LogP contribution < -0.4 is 0 Å². The van der Waals surface area contributed by atoms with Gasteiger partial charge in [-0.15, -0.1) is 0 Å². The molecule has 0 radical (unpaired) electrons. The van der Waals surface area contributed by atoms with Crippen molar-refractivity contribution in [2.24, 2.45) is 7.05 Å². The van der Waals surface area contributed by atoms with Gasteiger partial charge < -0.3 is 4.57 Å². The highest BCUT2D eigenvalue weighted by Gasteiger charge is 2.18. The Hall–Kier alpha value is -2.69. The van der Waals surface area contributed by atoms with Crippen molar-refractivity contribution >= 4 is 21.9 Å². The lowest BCUT2D eigenvalue weighted by atomic mass is 10.1. The lowest BCUT2D eigenvalue weighted by Gasteiger charge is -2.11. The van der Waals surface area contributed by atoms with E-state index in [0.717, 1.165) is 15.6 Å². The van der Waals surface area contributed by atoms with Crippen molar-refractivity contribution in [3.05, 3.63) is 58.9 Å². The summed E-state index contributed by atoms with van der Waals surface area (Å²) in [4.78, 5) is 12.4. The lowest BCUT2D eigenvalue weighted by molar-refractivity contribution is 0.104. The Balaban J connectivity index is 2.32. The van der Waals surface area contributed by atoms with Gasteiger partial charge in [0.1, 0.15) is 11.8 Å². The van der Waals surface area contributed by atoms with Gasteiger partial charge in [-0.05, 0) is 42.8 Å². The summed E-state index contributed by atoms with van der Waals surface area (Å²) < 4.78 is 27.2. The first-order valence-electron chi connectivity index (χ1n) is 7.50. The maximum atomic E-state index is 12.4. The first-order valence-corrected chi connectivity index (χ1v) is 8.94. The molecule has 0 aliphatic heterocycles. The molecule has 0 atom stereocenters. The van der Waals surface area contributed by atoms with Crippen LogP contribution in [0.2, 0.25) is 0 Å². The molecule has 0 aliphatic carbocycles. The molecule has 0 aliphatic rings. The number of ketones is 1. The average molecular weight is 357 g/mol. The van der Waals surface area contributed by atoms with Gasteiger partial charge in [0, 0.05) is 32.4 Å². The summed E-state index contributed by atoms with van der Waals surface area (Å²) in [7, 11) is 1.06. The second-order valence-electron chi connectivity index (χ2n) is 5.75. The maximum absolute atomic E-state index is 12.4. The van der Waals surface area contributed by atoms with Crippen LogP contribution in [0, 0.1) is 18.3 Å². The third kappa shape index (κ3) is 3.71. The van der Waals surface area contributed by atoms with Crippen LogP contribution in [-0.4, -0.2) is 37.2 Å². The Labute approximate surface area is 147 Å². The van der Waals surface area contributed by atoms with Crippen molar-refractivity contribution in [2.45, 2.75) is 11.8 Å². The Kier molecular flexibility index (Phi) is 5.26. The lowest BCUT2D eigenvalue weighted by Crippen LogP contribution is -2.22. The monoisotopic (exact) mass is 357 g/mol. The van der Waals surface area contributed by atoms with Gasteiger partial charge in [0.15, 0.2) is 5.78 Å². The summed E-state index contributed by atoms with van der Waals surface area (Å²) in [5.41, 5.74) is 2.42. The van der Waals surface area contributed by atoms with Crippen molar-refractivity contribution in [2.75, 3.05) is 14.1 Å². The molecule has 0 saturated heterocycles. The van der Waals surface area contributed by atoms with Gasteiger partial charge in [-0.3, -0.25) is 4.79 Å². The normalized spacial score (nSPS) is 11.8. The number of hydrogen-bond donors (Lipinski definition) is 0. The summed E-state index contributed by atoms with van der Waals surface area (Å²) in [6.45, 7) is 1.86. The number of hydrogen-bond acceptors (Lipinski definition) is 4. The molecule has 0 saturated carbocycles. The third-order valence-corrected chi connectivity index (χ3v) is 5.81. The van der Waals surface area contributed by atoms with E-state index < -0.39 is 10.0 Å². The zero-order valence-electron chi connectivity index (χ0n) is 14.5. The Morgan fingerprint density at radius 2 is 1.96 bits per heavy atom. The molecule has 6 nitrogen and oxygen atoms in total. The molecule has 1 aromatic heterocycles. The molecule has 25 heavy (non-hydrogen) atoms. The highest BCUT2D eigenvalue weighted by Crippen LogP contribution is 2.18. The van der Waals surface area contributed by atoms with Crippen LogP contribution in [0.3, 0.4) is 0 Å². The summed E-state index contributed by atoms with van der Waals surface area (Å²) in [6, 6.07) is 9.71. The van der Waals surface area contributed by atoms with E-state index in [1.165, 1.54) is 32.3 Å². The van der Waals surface area contributed by atoms with Crippen LogP contribution in [0.1, 0.15) is 27.3 Å². The first kappa shape index (κ1) is 18.6. The van der Waals surface area contributed by atoms with Gasteiger partial charge in [-0.25, -0.2) is 12.7 Å². The molecule has 7 heteroatoms. The largest absolute Gasteiger partial charge is 0.339 e. The quantitative estimate of drug-likeness (QED) is 0.607. The van der Waals surface area contributed by atoms with Crippen molar-refractivity contribution in [3.63, 3.8) is 0 Å². The molecule has 1 heterocycles. The van der Waals surface area contributed by atoms with Gasteiger partial charge in [0.05, 0.1) is 4.90 Å². The minimum Gasteiger partial charge on any atom is -0.339 e. The van der Waals surface area contributed by atoms with E-state index in [-0.39, 0.29) is 16.2 Å². The number of sulfonamides is 1. The molecule has 0 spiro atoms. The topological polar surface area (TPSA) is 83.2 Å². The number of nitrogens with zero attached hydrogens (tertiary/aromatic N) is 3. The molecule has 2 aromatic rings. The van der Waals surface area contributed by atoms with Crippen LogP contribution in [0.4, 0.5) is 0 Å². The Morgan fingerprint density at radius 1 is 1.28 bits per heavy atom. The van der Waals surface area contributed by atoms with Gasteiger partial charge >= 0.3 is 0 Å². The molecular weight excluding hydrogens is 338 g/mol. The van der Waals surface area contributed by atoms with Crippen LogP contribution >= 0.6 is 0 Å². The van der Waals surface area contributed by atoms with Gasteiger partial charge in [-0.2, -0.15) is 5.26 Å². The number of rotatable bonds is 5. The van der Waals surface area contributed by atoms with Crippen molar-refractivity contribution in [3.8, 4) is 6.07 Å². The number of aromatic nitrogens is 1. The zero-order chi connectivity index (χ0) is 18.8. The third-order valence-electron chi connectivity index (χ3n) is 4.00. The van der Waals surface area contributed by atoms with Crippen LogP contribution in [0.5, 0.6) is 0 Å². The summed E-state index contributed by atoms with van der Waals surface area (Å²) in [6.07, 6.45) is 3.01. The average Bonchev–Trinajstić information content (AvgIpc) is 2.87. The van der Waals surface area contributed by atoms with E-state index in [0.29, 0.717) is 5.69 Å². The Bertz CT molecular complexity index is 993. The fourth-order valence-electron chi connectivity index (χ4n) is 2.28. The van der Waals surface area contributed by atoms with Crippen LogP contribution in [-0.2, 0) is 17.1 Å². The van der Waals surface area contributed by atoms with E-state index in [2.05, 4.69) is 6.07 Å². The van der Waals surface area contributed by atoms with Crippen LogP contribution in [0.15, 0.2) is 41.3 Å².